The number of nitrogen functional groups attached to an aromatic ring is 1. The first-order chi connectivity index (χ1) is 8.88. The molecule has 1 aromatic carbocycles. The molecule has 0 fully saturated rings. The van der Waals surface area contributed by atoms with Crippen molar-refractivity contribution < 1.29 is 13.2 Å². The molecule has 1 rings (SSSR count). The molecule has 108 valence electrons. The first-order valence-electron chi connectivity index (χ1n) is 6.06. The molecule has 0 spiro atoms. The minimum absolute atomic E-state index is 0.00436. The summed E-state index contributed by atoms with van der Waals surface area (Å²) in [5, 5.41) is 8.34. The van der Waals surface area contributed by atoms with Crippen LogP contribution in [0.4, 0.5) is 11.4 Å². The topological polar surface area (TPSA) is 107 Å². The third-order valence-corrected chi connectivity index (χ3v) is 3.63. The highest BCUT2D eigenvalue weighted by Gasteiger charge is 2.17. The molecule has 0 saturated carbocycles. The molecular formula is C12H21N3O3S. The van der Waals surface area contributed by atoms with Gasteiger partial charge in [0.2, 0.25) is 10.0 Å². The Bertz CT molecular complexity index is 511. The van der Waals surface area contributed by atoms with Crippen molar-refractivity contribution in [2.45, 2.75) is 30.7 Å². The first kappa shape index (κ1) is 15.7. The van der Waals surface area contributed by atoms with Gasteiger partial charge in [-0.2, -0.15) is 0 Å². The Labute approximate surface area is 114 Å². The van der Waals surface area contributed by atoms with Crippen LogP contribution >= 0.6 is 0 Å². The molecule has 6 nitrogen and oxygen atoms in total. The Morgan fingerprint density at radius 3 is 2.63 bits per heavy atom. The lowest BCUT2D eigenvalue weighted by Gasteiger charge is -2.20. The van der Waals surface area contributed by atoms with Crippen LogP contribution in [0.2, 0.25) is 0 Å². The average Bonchev–Trinajstić information content (AvgIpc) is 2.31. The van der Waals surface area contributed by atoms with Crippen molar-refractivity contribution in [3.63, 3.8) is 0 Å². The highest BCUT2D eigenvalue weighted by atomic mass is 32.2. The molecule has 5 N–H and O–H groups in total. The number of rotatable bonds is 7. The molecule has 0 heterocycles. The maximum absolute atomic E-state index is 11.6. The lowest BCUT2D eigenvalue weighted by Crippen LogP contribution is -2.26. The summed E-state index contributed by atoms with van der Waals surface area (Å²) >= 11 is 0. The zero-order chi connectivity index (χ0) is 14.5. The first-order valence-corrected chi connectivity index (χ1v) is 7.61. The van der Waals surface area contributed by atoms with Crippen LogP contribution in [0, 0.1) is 0 Å². The predicted molar refractivity (Wildman–Crippen MR) is 76.4 cm³/mol. The third kappa shape index (κ3) is 4.70. The van der Waals surface area contributed by atoms with Gasteiger partial charge in [-0.3, -0.25) is 0 Å². The molecule has 0 aliphatic rings. The summed E-state index contributed by atoms with van der Waals surface area (Å²) in [6.45, 7) is 2.54. The van der Waals surface area contributed by atoms with Crippen LogP contribution in [0.25, 0.3) is 0 Å². The Morgan fingerprint density at radius 1 is 1.42 bits per heavy atom. The minimum atomic E-state index is -3.81. The fourth-order valence-electron chi connectivity index (χ4n) is 1.86. The normalized spacial score (nSPS) is 13.2. The molecule has 1 atom stereocenters. The van der Waals surface area contributed by atoms with E-state index in [-0.39, 0.29) is 10.9 Å². The van der Waals surface area contributed by atoms with Crippen molar-refractivity contribution in [2.24, 2.45) is 5.14 Å². The second kappa shape index (κ2) is 6.74. The van der Waals surface area contributed by atoms with E-state index < -0.39 is 10.0 Å². The van der Waals surface area contributed by atoms with E-state index in [9.17, 15) is 8.42 Å². The highest BCUT2D eigenvalue weighted by Crippen LogP contribution is 2.24. The number of benzene rings is 1. The molecule has 0 saturated heterocycles. The van der Waals surface area contributed by atoms with Gasteiger partial charge in [-0.15, -0.1) is 0 Å². The van der Waals surface area contributed by atoms with E-state index in [1.807, 2.05) is 6.92 Å². The monoisotopic (exact) mass is 287 g/mol. The maximum Gasteiger partial charge on any atom is 0.240 e. The molecule has 0 aromatic heterocycles. The number of ether oxygens (including phenoxy) is 1. The van der Waals surface area contributed by atoms with Gasteiger partial charge in [0.15, 0.2) is 0 Å². The Morgan fingerprint density at radius 2 is 2.11 bits per heavy atom. The van der Waals surface area contributed by atoms with E-state index in [2.05, 4.69) is 5.32 Å². The smallest absolute Gasteiger partial charge is 0.240 e. The van der Waals surface area contributed by atoms with Crippen LogP contribution in [0.1, 0.15) is 19.8 Å². The lowest BCUT2D eigenvalue weighted by atomic mass is 10.1. The summed E-state index contributed by atoms with van der Waals surface area (Å²) in [4.78, 5) is 0.00436. The van der Waals surface area contributed by atoms with Crippen molar-refractivity contribution >= 4 is 21.4 Å². The van der Waals surface area contributed by atoms with E-state index >= 15 is 0 Å². The van der Waals surface area contributed by atoms with Gasteiger partial charge >= 0.3 is 0 Å². The van der Waals surface area contributed by atoms with Crippen LogP contribution in [-0.4, -0.2) is 28.2 Å². The number of anilines is 2. The van der Waals surface area contributed by atoms with Crippen LogP contribution < -0.4 is 16.2 Å². The van der Waals surface area contributed by atoms with Crippen molar-refractivity contribution in [1.29, 1.82) is 0 Å². The van der Waals surface area contributed by atoms with Crippen LogP contribution in [0.3, 0.4) is 0 Å². The van der Waals surface area contributed by atoms with Crippen LogP contribution in [0.15, 0.2) is 23.1 Å². The minimum Gasteiger partial charge on any atom is -0.399 e. The largest absolute Gasteiger partial charge is 0.399 e. The molecule has 0 aliphatic carbocycles. The second-order valence-corrected chi connectivity index (χ2v) is 5.92. The van der Waals surface area contributed by atoms with Gasteiger partial charge in [-0.25, -0.2) is 13.6 Å². The Kier molecular flexibility index (Phi) is 5.59. The standard InChI is InChI=1S/C12H21N3O3S/c1-3-4-10(8-18-2)15-11-6-5-9(13)7-12(11)19(14,16)17/h5-7,10,15H,3-4,8,13H2,1-2H3,(H2,14,16,17). The number of hydrogen-bond acceptors (Lipinski definition) is 5. The van der Waals surface area contributed by atoms with Gasteiger partial charge in [0.05, 0.1) is 12.3 Å². The molecule has 1 aromatic rings. The summed E-state index contributed by atoms with van der Waals surface area (Å²) < 4.78 is 28.2. The predicted octanol–water partition coefficient (Wildman–Crippen LogP) is 1.14. The number of nitrogens with two attached hydrogens (primary N) is 2. The number of primary sulfonamides is 1. The third-order valence-electron chi connectivity index (χ3n) is 2.68. The second-order valence-electron chi connectivity index (χ2n) is 4.39. The molecule has 0 aliphatic heterocycles. The Balaban J connectivity index is 3.05. The highest BCUT2D eigenvalue weighted by molar-refractivity contribution is 7.89. The van der Waals surface area contributed by atoms with Gasteiger partial charge in [0.25, 0.3) is 0 Å². The quantitative estimate of drug-likeness (QED) is 0.652. The van der Waals surface area contributed by atoms with E-state index in [0.717, 1.165) is 12.8 Å². The molecule has 7 heteroatoms. The van der Waals surface area contributed by atoms with E-state index in [1.165, 1.54) is 6.07 Å². The fraction of sp³-hybridized carbons (Fsp3) is 0.500. The van der Waals surface area contributed by atoms with Gasteiger partial charge in [0.1, 0.15) is 4.90 Å². The summed E-state index contributed by atoms with van der Waals surface area (Å²) in [6, 6.07) is 4.63. The van der Waals surface area contributed by atoms with Gasteiger partial charge in [-0.1, -0.05) is 13.3 Å². The molecular weight excluding hydrogens is 266 g/mol. The number of nitrogens with one attached hydrogen (secondary N) is 1. The van der Waals surface area contributed by atoms with Gasteiger partial charge < -0.3 is 15.8 Å². The lowest BCUT2D eigenvalue weighted by molar-refractivity contribution is 0.182. The summed E-state index contributed by atoms with van der Waals surface area (Å²) in [5.74, 6) is 0. The molecule has 1 unspecified atom stereocenters. The van der Waals surface area contributed by atoms with Crippen molar-refractivity contribution in [3.05, 3.63) is 18.2 Å². The summed E-state index contributed by atoms with van der Waals surface area (Å²) in [6.07, 6.45) is 1.82. The molecule has 0 bridgehead atoms. The maximum atomic E-state index is 11.6. The SMILES string of the molecule is CCCC(COC)Nc1ccc(N)cc1S(N)(=O)=O. The number of sulfonamides is 1. The van der Waals surface area contributed by atoms with Crippen molar-refractivity contribution in [3.8, 4) is 0 Å². The molecule has 19 heavy (non-hydrogen) atoms. The van der Waals surface area contributed by atoms with Crippen LogP contribution in [-0.2, 0) is 14.8 Å². The zero-order valence-corrected chi connectivity index (χ0v) is 12.0. The Hall–Kier alpha value is -1.31. The average molecular weight is 287 g/mol. The zero-order valence-electron chi connectivity index (χ0n) is 11.2. The number of hydrogen-bond donors (Lipinski definition) is 3. The summed E-state index contributed by atoms with van der Waals surface area (Å²) in [5.41, 5.74) is 6.41. The van der Waals surface area contributed by atoms with Crippen LogP contribution in [0.5, 0.6) is 0 Å². The van der Waals surface area contributed by atoms with E-state index in [4.69, 9.17) is 15.6 Å². The molecule has 0 radical (unpaired) electrons. The fourth-order valence-corrected chi connectivity index (χ4v) is 2.59. The molecule has 0 amide bonds. The van der Waals surface area contributed by atoms with Gasteiger partial charge in [0, 0.05) is 18.8 Å². The van der Waals surface area contributed by atoms with Gasteiger partial charge in [-0.05, 0) is 24.6 Å². The van der Waals surface area contributed by atoms with E-state index in [1.54, 1.807) is 19.2 Å². The summed E-state index contributed by atoms with van der Waals surface area (Å²) in [7, 11) is -2.21. The number of methoxy groups -OCH3 is 1. The van der Waals surface area contributed by atoms with Crippen molar-refractivity contribution in [1.82, 2.24) is 0 Å². The van der Waals surface area contributed by atoms with Crippen molar-refractivity contribution in [2.75, 3.05) is 24.8 Å². The van der Waals surface area contributed by atoms with E-state index in [0.29, 0.717) is 18.0 Å².